The second-order valence-corrected chi connectivity index (χ2v) is 4.25. The lowest BCUT2D eigenvalue weighted by Crippen LogP contribution is -1.77. The van der Waals surface area contributed by atoms with Crippen LogP contribution in [-0.2, 0) is 6.54 Å². The molecule has 1 heterocycles. The lowest BCUT2D eigenvalue weighted by molar-refractivity contribution is 0.459. The van der Waals surface area contributed by atoms with Gasteiger partial charge in [0, 0.05) is 5.39 Å². The predicted molar refractivity (Wildman–Crippen MR) is 74.6 cm³/mol. The fourth-order valence-electron chi connectivity index (χ4n) is 1.99. The van der Waals surface area contributed by atoms with Crippen LogP contribution in [0.5, 0.6) is 5.88 Å². The van der Waals surface area contributed by atoms with Crippen LogP contribution in [0, 0.1) is 0 Å². The van der Waals surface area contributed by atoms with E-state index in [0.29, 0.717) is 12.2 Å². The molecule has 0 atom stereocenters. The van der Waals surface area contributed by atoms with Crippen molar-refractivity contribution in [3.05, 3.63) is 60.2 Å². The number of para-hydroxylation sites is 1. The Labute approximate surface area is 110 Å². The third-order valence-corrected chi connectivity index (χ3v) is 2.93. The molecule has 94 valence electrons. The van der Waals surface area contributed by atoms with Crippen molar-refractivity contribution in [1.82, 2.24) is 4.98 Å². The van der Waals surface area contributed by atoms with Gasteiger partial charge in [-0.2, -0.15) is 5.11 Å². The van der Waals surface area contributed by atoms with Crippen LogP contribution >= 0.6 is 0 Å². The maximum Gasteiger partial charge on any atom is 0.218 e. The molecule has 3 rings (SSSR count). The molecule has 19 heavy (non-hydrogen) atoms. The van der Waals surface area contributed by atoms with Crippen LogP contribution in [-0.4, -0.2) is 10.1 Å². The number of fused-ring (bicyclic) bond motifs is 1. The Morgan fingerprint density at radius 3 is 2.53 bits per heavy atom. The second kappa shape index (κ2) is 4.94. The van der Waals surface area contributed by atoms with E-state index in [-0.39, 0.29) is 5.88 Å². The Morgan fingerprint density at radius 1 is 0.947 bits per heavy atom. The van der Waals surface area contributed by atoms with Gasteiger partial charge in [-0.3, -0.25) is 0 Å². The van der Waals surface area contributed by atoms with Gasteiger partial charge in [-0.1, -0.05) is 48.5 Å². The zero-order chi connectivity index (χ0) is 13.1. The standard InChI is InChI=1S/C15H13N3O/c19-15-14(12-8-4-5-9-13(12)17-15)18-16-10-11-6-2-1-3-7-11/h1-9,17,19H,10H2. The number of nitrogens with one attached hydrogen (secondary N) is 1. The summed E-state index contributed by atoms with van der Waals surface area (Å²) in [6.45, 7) is 0.500. The van der Waals surface area contributed by atoms with Crippen molar-refractivity contribution >= 4 is 16.6 Å². The van der Waals surface area contributed by atoms with Gasteiger partial charge in [-0.05, 0) is 11.6 Å². The van der Waals surface area contributed by atoms with Crippen molar-refractivity contribution in [1.29, 1.82) is 0 Å². The van der Waals surface area contributed by atoms with E-state index in [1.165, 1.54) is 0 Å². The summed E-state index contributed by atoms with van der Waals surface area (Å²) in [7, 11) is 0. The molecule has 2 aromatic carbocycles. The maximum absolute atomic E-state index is 9.82. The van der Waals surface area contributed by atoms with E-state index in [1.807, 2.05) is 54.6 Å². The minimum absolute atomic E-state index is 0.0537. The van der Waals surface area contributed by atoms with Crippen molar-refractivity contribution in [3.8, 4) is 5.88 Å². The number of H-pyrrole nitrogens is 1. The summed E-state index contributed by atoms with van der Waals surface area (Å²) in [5.74, 6) is 0.0537. The summed E-state index contributed by atoms with van der Waals surface area (Å²) in [5.41, 5.74) is 2.44. The summed E-state index contributed by atoms with van der Waals surface area (Å²) < 4.78 is 0. The minimum atomic E-state index is 0.0537. The van der Waals surface area contributed by atoms with Crippen molar-refractivity contribution in [2.24, 2.45) is 10.2 Å². The first-order valence-corrected chi connectivity index (χ1v) is 6.06. The Kier molecular flexibility index (Phi) is 2.98. The quantitative estimate of drug-likeness (QED) is 0.675. The topological polar surface area (TPSA) is 60.7 Å². The predicted octanol–water partition coefficient (Wildman–Crippen LogP) is 4.16. The highest BCUT2D eigenvalue weighted by atomic mass is 16.3. The molecule has 1 aromatic heterocycles. The molecule has 0 unspecified atom stereocenters. The highest BCUT2D eigenvalue weighted by Crippen LogP contribution is 2.35. The molecular weight excluding hydrogens is 238 g/mol. The minimum Gasteiger partial charge on any atom is -0.493 e. The lowest BCUT2D eigenvalue weighted by atomic mass is 10.2. The Balaban J connectivity index is 1.87. The van der Waals surface area contributed by atoms with Crippen molar-refractivity contribution in [2.75, 3.05) is 0 Å². The van der Waals surface area contributed by atoms with E-state index < -0.39 is 0 Å². The van der Waals surface area contributed by atoms with E-state index in [0.717, 1.165) is 16.5 Å². The second-order valence-electron chi connectivity index (χ2n) is 4.25. The monoisotopic (exact) mass is 251 g/mol. The fraction of sp³-hybridized carbons (Fsp3) is 0.0667. The highest BCUT2D eigenvalue weighted by molar-refractivity contribution is 5.93. The number of rotatable bonds is 3. The molecule has 2 N–H and O–H groups in total. The van der Waals surface area contributed by atoms with Gasteiger partial charge >= 0.3 is 0 Å². The molecule has 0 bridgehead atoms. The molecule has 0 spiro atoms. The number of azo groups is 1. The van der Waals surface area contributed by atoms with Crippen molar-refractivity contribution in [3.63, 3.8) is 0 Å². The average Bonchev–Trinajstić information content (AvgIpc) is 2.76. The number of benzene rings is 2. The summed E-state index contributed by atoms with van der Waals surface area (Å²) >= 11 is 0. The third kappa shape index (κ3) is 2.33. The molecule has 0 saturated carbocycles. The first-order valence-electron chi connectivity index (χ1n) is 6.06. The molecule has 0 aliphatic rings. The van der Waals surface area contributed by atoms with E-state index >= 15 is 0 Å². The first-order chi connectivity index (χ1) is 9.34. The maximum atomic E-state index is 9.82. The van der Waals surface area contributed by atoms with Gasteiger partial charge in [0.1, 0.15) is 0 Å². The van der Waals surface area contributed by atoms with E-state index in [1.54, 1.807) is 0 Å². The van der Waals surface area contributed by atoms with Crippen LogP contribution < -0.4 is 0 Å². The Morgan fingerprint density at radius 2 is 1.68 bits per heavy atom. The molecule has 4 heteroatoms. The Hall–Kier alpha value is -2.62. The van der Waals surface area contributed by atoms with E-state index in [2.05, 4.69) is 15.2 Å². The van der Waals surface area contributed by atoms with Gasteiger partial charge in [0.25, 0.3) is 0 Å². The summed E-state index contributed by atoms with van der Waals surface area (Å²) in [6.07, 6.45) is 0. The van der Waals surface area contributed by atoms with Gasteiger partial charge in [-0.15, -0.1) is 5.11 Å². The molecular formula is C15H13N3O. The van der Waals surface area contributed by atoms with Gasteiger partial charge in [0.05, 0.1) is 12.1 Å². The van der Waals surface area contributed by atoms with Crippen LogP contribution in [0.2, 0.25) is 0 Å². The molecule has 0 aliphatic heterocycles. The fourth-order valence-corrected chi connectivity index (χ4v) is 1.99. The van der Waals surface area contributed by atoms with E-state index in [9.17, 15) is 5.11 Å². The number of aromatic hydroxyl groups is 1. The van der Waals surface area contributed by atoms with Crippen LogP contribution in [0.15, 0.2) is 64.8 Å². The SMILES string of the molecule is Oc1[nH]c2ccccc2c1N=NCc1ccccc1. The average molecular weight is 251 g/mol. The van der Waals surface area contributed by atoms with Crippen LogP contribution in [0.3, 0.4) is 0 Å². The molecule has 3 aromatic rings. The molecule has 0 aliphatic carbocycles. The van der Waals surface area contributed by atoms with Gasteiger partial charge < -0.3 is 10.1 Å². The van der Waals surface area contributed by atoms with Gasteiger partial charge in [-0.25, -0.2) is 0 Å². The highest BCUT2D eigenvalue weighted by Gasteiger charge is 2.08. The number of aromatic amines is 1. The third-order valence-electron chi connectivity index (χ3n) is 2.93. The zero-order valence-electron chi connectivity index (χ0n) is 10.2. The molecule has 0 amide bonds. The van der Waals surface area contributed by atoms with Gasteiger partial charge in [0.2, 0.25) is 5.88 Å². The number of hydrogen-bond acceptors (Lipinski definition) is 3. The van der Waals surface area contributed by atoms with Gasteiger partial charge in [0.15, 0.2) is 5.69 Å². The smallest absolute Gasteiger partial charge is 0.218 e. The van der Waals surface area contributed by atoms with Crippen LogP contribution in [0.1, 0.15) is 5.56 Å². The summed E-state index contributed by atoms with van der Waals surface area (Å²) in [4.78, 5) is 2.88. The van der Waals surface area contributed by atoms with Crippen molar-refractivity contribution in [2.45, 2.75) is 6.54 Å². The summed E-state index contributed by atoms with van der Waals surface area (Å²) in [6, 6.07) is 17.5. The van der Waals surface area contributed by atoms with Crippen LogP contribution in [0.25, 0.3) is 10.9 Å². The normalized spacial score (nSPS) is 11.4. The lowest BCUT2D eigenvalue weighted by Gasteiger charge is -1.94. The summed E-state index contributed by atoms with van der Waals surface area (Å²) in [5, 5.41) is 19.0. The van der Waals surface area contributed by atoms with Crippen LogP contribution in [0.4, 0.5) is 5.69 Å². The molecule has 4 nitrogen and oxygen atoms in total. The van der Waals surface area contributed by atoms with E-state index in [4.69, 9.17) is 0 Å². The molecule has 0 fully saturated rings. The number of nitrogens with zero attached hydrogens (tertiary/aromatic N) is 2. The molecule has 0 radical (unpaired) electrons. The largest absolute Gasteiger partial charge is 0.493 e. The molecule has 0 saturated heterocycles. The zero-order valence-corrected chi connectivity index (χ0v) is 10.2. The first kappa shape index (κ1) is 11.5. The number of hydrogen-bond donors (Lipinski definition) is 2. The Bertz CT molecular complexity index is 717. The number of aromatic nitrogens is 1. The van der Waals surface area contributed by atoms with Crippen molar-refractivity contribution < 1.29 is 5.11 Å².